The molecule has 30 heavy (non-hydrogen) atoms. The largest absolute Gasteiger partial charge is 0.478 e. The zero-order valence-corrected chi connectivity index (χ0v) is 19.2. The van der Waals surface area contributed by atoms with Crippen LogP contribution in [0.4, 0.5) is 0 Å². The van der Waals surface area contributed by atoms with Crippen molar-refractivity contribution in [2.24, 2.45) is 0 Å². The monoisotopic (exact) mass is 418 g/mol. The molecule has 1 aromatic carbocycles. The molecule has 0 heterocycles. The number of unbranched alkanes of at least 4 members (excludes halogenated alkanes) is 12. The van der Waals surface area contributed by atoms with Crippen molar-refractivity contribution in [2.75, 3.05) is 0 Å². The lowest BCUT2D eigenvalue weighted by Gasteiger charge is -2.15. The van der Waals surface area contributed by atoms with E-state index in [0.717, 1.165) is 49.7 Å². The Morgan fingerprint density at radius 1 is 0.633 bits per heavy atom. The fraction of sp³-hybridized carbons (Fsp3) is 0.692. The quantitative estimate of drug-likeness (QED) is 0.240. The fourth-order valence-electron chi connectivity index (χ4n) is 4.16. The van der Waals surface area contributed by atoms with Crippen LogP contribution in [0.2, 0.25) is 0 Å². The Bertz CT molecular complexity index is 636. The first-order valence-electron chi connectivity index (χ1n) is 12.1. The second-order valence-electron chi connectivity index (χ2n) is 8.48. The van der Waals surface area contributed by atoms with E-state index in [1.807, 2.05) is 6.07 Å². The van der Waals surface area contributed by atoms with Crippen LogP contribution in [-0.2, 0) is 12.8 Å². The summed E-state index contributed by atoms with van der Waals surface area (Å²) in [6.07, 6.45) is 18.1. The highest BCUT2D eigenvalue weighted by Crippen LogP contribution is 2.25. The van der Waals surface area contributed by atoms with Gasteiger partial charge in [0, 0.05) is 0 Å². The van der Waals surface area contributed by atoms with Crippen molar-refractivity contribution in [1.29, 1.82) is 0 Å². The Labute approximate surface area is 183 Å². The molecular weight excluding hydrogens is 376 g/mol. The summed E-state index contributed by atoms with van der Waals surface area (Å²) in [5.41, 5.74) is 1.70. The molecule has 0 saturated carbocycles. The standard InChI is InChI=1S/C26H42O4/c1-3-5-7-9-11-12-14-16-18-22-21(17-15-13-10-8-6-4-2)19-20-23(25(27)28)24(22)26(29)30/h19-20H,3-18H2,1-2H3,(H,27,28)(H,29,30). The van der Waals surface area contributed by atoms with E-state index < -0.39 is 11.9 Å². The first-order valence-corrected chi connectivity index (χ1v) is 12.1. The van der Waals surface area contributed by atoms with Crippen molar-refractivity contribution in [3.8, 4) is 0 Å². The Morgan fingerprint density at radius 3 is 1.57 bits per heavy atom. The molecule has 0 spiro atoms. The highest BCUT2D eigenvalue weighted by molar-refractivity contribution is 6.03. The van der Waals surface area contributed by atoms with Crippen LogP contribution in [0.15, 0.2) is 12.1 Å². The van der Waals surface area contributed by atoms with Crippen molar-refractivity contribution >= 4 is 11.9 Å². The first-order chi connectivity index (χ1) is 14.5. The van der Waals surface area contributed by atoms with Gasteiger partial charge in [0.05, 0.1) is 11.1 Å². The Kier molecular flexibility index (Phi) is 13.9. The lowest BCUT2D eigenvalue weighted by molar-refractivity contribution is 0.0650. The summed E-state index contributed by atoms with van der Waals surface area (Å²) >= 11 is 0. The molecule has 0 fully saturated rings. The van der Waals surface area contributed by atoms with Gasteiger partial charge in [-0.3, -0.25) is 0 Å². The second kappa shape index (κ2) is 15.9. The van der Waals surface area contributed by atoms with Gasteiger partial charge in [-0.05, 0) is 42.9 Å². The van der Waals surface area contributed by atoms with Crippen molar-refractivity contribution in [3.63, 3.8) is 0 Å². The smallest absolute Gasteiger partial charge is 0.336 e. The van der Waals surface area contributed by atoms with Gasteiger partial charge < -0.3 is 10.2 Å². The third-order valence-electron chi connectivity index (χ3n) is 5.93. The van der Waals surface area contributed by atoms with Crippen molar-refractivity contribution in [1.82, 2.24) is 0 Å². The van der Waals surface area contributed by atoms with E-state index in [-0.39, 0.29) is 11.1 Å². The molecule has 0 aliphatic heterocycles. The molecule has 0 aromatic heterocycles. The maximum absolute atomic E-state index is 11.9. The lowest BCUT2D eigenvalue weighted by atomic mass is 9.89. The fourth-order valence-corrected chi connectivity index (χ4v) is 4.16. The van der Waals surface area contributed by atoms with Crippen LogP contribution in [0.25, 0.3) is 0 Å². The van der Waals surface area contributed by atoms with Crippen LogP contribution in [0.3, 0.4) is 0 Å². The van der Waals surface area contributed by atoms with Crippen LogP contribution < -0.4 is 0 Å². The van der Waals surface area contributed by atoms with Crippen LogP contribution >= 0.6 is 0 Å². The number of carbonyl (C=O) groups is 2. The predicted molar refractivity (Wildman–Crippen MR) is 124 cm³/mol. The third-order valence-corrected chi connectivity index (χ3v) is 5.93. The summed E-state index contributed by atoms with van der Waals surface area (Å²) in [6, 6.07) is 3.33. The number of hydrogen-bond donors (Lipinski definition) is 2. The molecule has 1 rings (SSSR count). The molecule has 0 saturated heterocycles. The van der Waals surface area contributed by atoms with Gasteiger partial charge in [0.25, 0.3) is 0 Å². The number of rotatable bonds is 18. The minimum Gasteiger partial charge on any atom is -0.478 e. The topological polar surface area (TPSA) is 74.6 Å². The molecule has 0 aliphatic rings. The van der Waals surface area contributed by atoms with Gasteiger partial charge in [0.1, 0.15) is 0 Å². The minimum absolute atomic E-state index is 0.00827. The van der Waals surface area contributed by atoms with E-state index >= 15 is 0 Å². The maximum Gasteiger partial charge on any atom is 0.336 e. The van der Waals surface area contributed by atoms with Crippen molar-refractivity contribution < 1.29 is 19.8 Å². The first kappa shape index (κ1) is 26.2. The van der Waals surface area contributed by atoms with Gasteiger partial charge in [0.2, 0.25) is 0 Å². The average Bonchev–Trinajstić information content (AvgIpc) is 2.72. The van der Waals surface area contributed by atoms with Crippen molar-refractivity contribution in [3.05, 3.63) is 34.4 Å². The summed E-state index contributed by atoms with van der Waals surface area (Å²) < 4.78 is 0. The molecule has 0 atom stereocenters. The van der Waals surface area contributed by atoms with Crippen LogP contribution in [-0.4, -0.2) is 22.2 Å². The summed E-state index contributed by atoms with van der Waals surface area (Å²) in [4.78, 5) is 23.5. The molecule has 0 radical (unpaired) electrons. The Morgan fingerprint density at radius 2 is 1.10 bits per heavy atom. The third kappa shape index (κ3) is 9.77. The SMILES string of the molecule is CCCCCCCCCCc1c(CCCCCCCC)ccc(C(=O)O)c1C(=O)O. The number of aryl methyl sites for hydroxylation is 1. The average molecular weight is 419 g/mol. The minimum atomic E-state index is -1.16. The van der Waals surface area contributed by atoms with E-state index in [0.29, 0.717) is 6.42 Å². The molecule has 170 valence electrons. The molecule has 4 nitrogen and oxygen atoms in total. The Hall–Kier alpha value is -1.84. The summed E-state index contributed by atoms with van der Waals surface area (Å²) in [5.74, 6) is -2.28. The zero-order valence-electron chi connectivity index (χ0n) is 19.2. The highest BCUT2D eigenvalue weighted by Gasteiger charge is 2.22. The van der Waals surface area contributed by atoms with Crippen LogP contribution in [0, 0.1) is 0 Å². The molecule has 0 aliphatic carbocycles. The summed E-state index contributed by atoms with van der Waals surface area (Å²) in [6.45, 7) is 4.42. The molecule has 1 aromatic rings. The van der Waals surface area contributed by atoms with Gasteiger partial charge in [-0.15, -0.1) is 0 Å². The summed E-state index contributed by atoms with van der Waals surface area (Å²) in [7, 11) is 0. The van der Waals surface area contributed by atoms with E-state index in [4.69, 9.17) is 0 Å². The van der Waals surface area contributed by atoms with Gasteiger partial charge in [0.15, 0.2) is 0 Å². The second-order valence-corrected chi connectivity index (χ2v) is 8.48. The molecule has 4 heteroatoms. The predicted octanol–water partition coefficient (Wildman–Crippen LogP) is 7.67. The number of carboxylic acid groups (broad SMARTS) is 2. The van der Waals surface area contributed by atoms with Crippen LogP contribution in [0.1, 0.15) is 136 Å². The molecule has 0 unspecified atom stereocenters. The Balaban J connectivity index is 2.75. The number of aromatic carboxylic acids is 2. The van der Waals surface area contributed by atoms with Crippen molar-refractivity contribution in [2.45, 2.75) is 117 Å². The zero-order chi connectivity index (χ0) is 22.2. The summed E-state index contributed by atoms with van der Waals surface area (Å²) in [5, 5.41) is 19.2. The van der Waals surface area contributed by atoms with E-state index in [2.05, 4.69) is 13.8 Å². The van der Waals surface area contributed by atoms with Crippen LogP contribution in [0.5, 0.6) is 0 Å². The molecule has 0 amide bonds. The highest BCUT2D eigenvalue weighted by atomic mass is 16.4. The number of hydrogen-bond acceptors (Lipinski definition) is 2. The van der Waals surface area contributed by atoms with Gasteiger partial charge in [-0.1, -0.05) is 97.0 Å². The lowest BCUT2D eigenvalue weighted by Crippen LogP contribution is -2.14. The van der Waals surface area contributed by atoms with Gasteiger partial charge in [-0.25, -0.2) is 9.59 Å². The van der Waals surface area contributed by atoms with E-state index in [9.17, 15) is 19.8 Å². The van der Waals surface area contributed by atoms with Gasteiger partial charge >= 0.3 is 11.9 Å². The van der Waals surface area contributed by atoms with E-state index in [1.165, 1.54) is 63.9 Å². The normalized spacial score (nSPS) is 11.0. The van der Waals surface area contributed by atoms with Gasteiger partial charge in [-0.2, -0.15) is 0 Å². The molecular formula is C26H42O4. The molecule has 0 bridgehead atoms. The maximum atomic E-state index is 11.9. The number of benzene rings is 1. The number of carboxylic acids is 2. The molecule has 2 N–H and O–H groups in total. The van der Waals surface area contributed by atoms with E-state index in [1.54, 1.807) is 0 Å².